The molecule has 0 spiro atoms. The van der Waals surface area contributed by atoms with Crippen LogP contribution >= 0.6 is 0 Å². The smallest absolute Gasteiger partial charge is 0.271 e. The third-order valence-electron chi connectivity index (χ3n) is 4.21. The Morgan fingerprint density at radius 3 is 2.63 bits per heavy atom. The van der Waals surface area contributed by atoms with Crippen LogP contribution in [0.15, 0.2) is 53.6 Å². The Kier molecular flexibility index (Phi) is 4.08. The first-order valence-corrected chi connectivity index (χ1v) is 8.49. The molecule has 8 nitrogen and oxygen atoms in total. The number of ether oxygens (including phenoxy) is 1. The standard InChI is InChI=1S/C19H18N6O2/c1-3-27-14-8-6-13(7-9-14)25-17(12-5-4-10-21-11-12)22-18-15(19(25)26)16(20)23-24(18)2/h4-11H,3H2,1-2H3,(H2,20,23). The Bertz CT molecular complexity index is 1160. The zero-order chi connectivity index (χ0) is 19.0. The van der Waals surface area contributed by atoms with Crippen LogP contribution in [0.25, 0.3) is 28.1 Å². The van der Waals surface area contributed by atoms with Gasteiger partial charge in [0, 0.05) is 25.0 Å². The largest absolute Gasteiger partial charge is 0.494 e. The molecule has 2 N–H and O–H groups in total. The van der Waals surface area contributed by atoms with Gasteiger partial charge in [0.2, 0.25) is 0 Å². The molecule has 0 aliphatic heterocycles. The number of hydrogen-bond acceptors (Lipinski definition) is 6. The van der Waals surface area contributed by atoms with Crippen molar-refractivity contribution in [3.8, 4) is 22.8 Å². The Balaban J connectivity index is 2.04. The van der Waals surface area contributed by atoms with Crippen LogP contribution < -0.4 is 16.0 Å². The summed E-state index contributed by atoms with van der Waals surface area (Å²) >= 11 is 0. The van der Waals surface area contributed by atoms with E-state index in [-0.39, 0.29) is 11.4 Å². The molecule has 0 bridgehead atoms. The normalized spacial score (nSPS) is 11.0. The molecule has 3 aromatic heterocycles. The van der Waals surface area contributed by atoms with Crippen molar-refractivity contribution >= 4 is 16.9 Å². The van der Waals surface area contributed by atoms with Crippen LogP contribution in [0, 0.1) is 0 Å². The molecule has 27 heavy (non-hydrogen) atoms. The minimum absolute atomic E-state index is 0.155. The number of nitrogens with zero attached hydrogens (tertiary/aromatic N) is 5. The van der Waals surface area contributed by atoms with Gasteiger partial charge in [-0.25, -0.2) is 9.67 Å². The highest BCUT2D eigenvalue weighted by Gasteiger charge is 2.19. The van der Waals surface area contributed by atoms with E-state index >= 15 is 0 Å². The summed E-state index contributed by atoms with van der Waals surface area (Å²) < 4.78 is 8.52. The van der Waals surface area contributed by atoms with Crippen LogP contribution in [0.4, 0.5) is 5.82 Å². The number of hydrogen-bond donors (Lipinski definition) is 1. The van der Waals surface area contributed by atoms with Crippen LogP contribution in [0.3, 0.4) is 0 Å². The third-order valence-corrected chi connectivity index (χ3v) is 4.21. The van der Waals surface area contributed by atoms with Crippen molar-refractivity contribution in [3.63, 3.8) is 0 Å². The SMILES string of the molecule is CCOc1ccc(-n2c(-c3cccnc3)nc3c(c(N)nn3C)c2=O)cc1. The first-order valence-electron chi connectivity index (χ1n) is 8.49. The van der Waals surface area contributed by atoms with Gasteiger partial charge in [-0.1, -0.05) is 0 Å². The summed E-state index contributed by atoms with van der Waals surface area (Å²) in [6.07, 6.45) is 3.34. The molecule has 0 aliphatic carbocycles. The fourth-order valence-corrected chi connectivity index (χ4v) is 3.01. The second kappa shape index (κ2) is 6.56. The summed E-state index contributed by atoms with van der Waals surface area (Å²) in [5.41, 5.74) is 7.47. The maximum atomic E-state index is 13.3. The summed E-state index contributed by atoms with van der Waals surface area (Å²) in [7, 11) is 1.71. The Hall–Kier alpha value is -3.68. The maximum Gasteiger partial charge on any atom is 0.271 e. The molecular formula is C19H18N6O2. The van der Waals surface area contributed by atoms with E-state index in [2.05, 4.69) is 15.1 Å². The second-order valence-electron chi connectivity index (χ2n) is 5.95. The molecule has 0 aliphatic rings. The number of benzene rings is 1. The molecule has 0 fully saturated rings. The van der Waals surface area contributed by atoms with Crippen LogP contribution in [-0.2, 0) is 7.05 Å². The predicted molar refractivity (Wildman–Crippen MR) is 103 cm³/mol. The van der Waals surface area contributed by atoms with Crippen molar-refractivity contribution in [2.75, 3.05) is 12.3 Å². The van der Waals surface area contributed by atoms with E-state index in [1.165, 1.54) is 9.25 Å². The molecule has 4 aromatic rings. The Labute approximate surface area is 154 Å². The van der Waals surface area contributed by atoms with Crippen LogP contribution in [-0.4, -0.2) is 30.9 Å². The first-order chi connectivity index (χ1) is 13.1. The van der Waals surface area contributed by atoms with E-state index in [4.69, 9.17) is 10.5 Å². The van der Waals surface area contributed by atoms with Gasteiger partial charge in [-0.2, -0.15) is 5.10 Å². The van der Waals surface area contributed by atoms with Crippen molar-refractivity contribution in [2.24, 2.45) is 7.05 Å². The molecule has 136 valence electrons. The number of fused-ring (bicyclic) bond motifs is 1. The molecule has 4 rings (SSSR count). The molecule has 0 saturated heterocycles. The number of aromatic nitrogens is 5. The lowest BCUT2D eigenvalue weighted by Gasteiger charge is -2.13. The van der Waals surface area contributed by atoms with Gasteiger partial charge in [0.1, 0.15) is 11.1 Å². The lowest BCUT2D eigenvalue weighted by Crippen LogP contribution is -2.22. The Morgan fingerprint density at radius 1 is 1.19 bits per heavy atom. The maximum absolute atomic E-state index is 13.3. The third kappa shape index (κ3) is 2.80. The number of pyridine rings is 1. The molecule has 0 radical (unpaired) electrons. The van der Waals surface area contributed by atoms with Gasteiger partial charge < -0.3 is 10.5 Å². The average molecular weight is 362 g/mol. The molecule has 1 aromatic carbocycles. The number of nitrogen functional groups attached to an aromatic ring is 1. The van der Waals surface area contributed by atoms with Gasteiger partial charge in [-0.3, -0.25) is 14.3 Å². The lowest BCUT2D eigenvalue weighted by atomic mass is 10.2. The topological polar surface area (TPSA) is 101 Å². The molecule has 3 heterocycles. The zero-order valence-electron chi connectivity index (χ0n) is 15.0. The molecular weight excluding hydrogens is 344 g/mol. The van der Waals surface area contributed by atoms with Crippen molar-refractivity contribution in [1.82, 2.24) is 24.3 Å². The van der Waals surface area contributed by atoms with Crippen LogP contribution in [0.2, 0.25) is 0 Å². The van der Waals surface area contributed by atoms with Crippen LogP contribution in [0.1, 0.15) is 6.92 Å². The minimum Gasteiger partial charge on any atom is -0.494 e. The summed E-state index contributed by atoms with van der Waals surface area (Å²) in [6.45, 7) is 2.49. The predicted octanol–water partition coefficient (Wildman–Crippen LogP) is 2.16. The fraction of sp³-hybridized carbons (Fsp3) is 0.158. The molecule has 0 saturated carbocycles. The van der Waals surface area contributed by atoms with E-state index in [9.17, 15) is 4.79 Å². The fourth-order valence-electron chi connectivity index (χ4n) is 3.01. The average Bonchev–Trinajstić information content (AvgIpc) is 2.97. The molecule has 0 atom stereocenters. The molecule has 0 unspecified atom stereocenters. The minimum atomic E-state index is -0.284. The molecule has 0 amide bonds. The van der Waals surface area contributed by atoms with Gasteiger partial charge in [0.05, 0.1) is 12.3 Å². The number of anilines is 1. The number of aryl methyl sites for hydroxylation is 1. The van der Waals surface area contributed by atoms with Gasteiger partial charge in [0.15, 0.2) is 17.3 Å². The second-order valence-corrected chi connectivity index (χ2v) is 5.95. The van der Waals surface area contributed by atoms with Gasteiger partial charge in [-0.05, 0) is 43.3 Å². The molecule has 8 heteroatoms. The monoisotopic (exact) mass is 362 g/mol. The summed E-state index contributed by atoms with van der Waals surface area (Å²) in [5, 5.41) is 4.43. The number of nitrogens with two attached hydrogens (primary N) is 1. The van der Waals surface area contributed by atoms with Crippen molar-refractivity contribution < 1.29 is 4.74 Å². The Morgan fingerprint density at radius 2 is 1.96 bits per heavy atom. The van der Waals surface area contributed by atoms with Crippen molar-refractivity contribution in [1.29, 1.82) is 0 Å². The highest BCUT2D eigenvalue weighted by molar-refractivity contribution is 5.87. The van der Waals surface area contributed by atoms with Crippen molar-refractivity contribution in [3.05, 3.63) is 59.1 Å². The lowest BCUT2D eigenvalue weighted by molar-refractivity contribution is 0.340. The van der Waals surface area contributed by atoms with E-state index in [1.807, 2.05) is 37.3 Å². The highest BCUT2D eigenvalue weighted by atomic mass is 16.5. The van der Waals surface area contributed by atoms with Crippen molar-refractivity contribution in [2.45, 2.75) is 6.92 Å². The van der Waals surface area contributed by atoms with Crippen LogP contribution in [0.5, 0.6) is 5.75 Å². The van der Waals surface area contributed by atoms with E-state index in [1.54, 1.807) is 25.5 Å². The van der Waals surface area contributed by atoms with Gasteiger partial charge in [-0.15, -0.1) is 0 Å². The quantitative estimate of drug-likeness (QED) is 0.597. The highest BCUT2D eigenvalue weighted by Crippen LogP contribution is 2.24. The van der Waals surface area contributed by atoms with E-state index in [0.29, 0.717) is 34.7 Å². The van der Waals surface area contributed by atoms with E-state index < -0.39 is 0 Å². The van der Waals surface area contributed by atoms with Gasteiger partial charge >= 0.3 is 0 Å². The van der Waals surface area contributed by atoms with E-state index in [0.717, 1.165) is 5.75 Å². The summed E-state index contributed by atoms with van der Waals surface area (Å²) in [5.74, 6) is 1.35. The number of rotatable bonds is 4. The summed E-state index contributed by atoms with van der Waals surface area (Å²) in [6, 6.07) is 10.9. The van der Waals surface area contributed by atoms with Gasteiger partial charge in [0.25, 0.3) is 5.56 Å². The zero-order valence-corrected chi connectivity index (χ0v) is 15.0. The summed E-state index contributed by atoms with van der Waals surface area (Å²) in [4.78, 5) is 22.1. The first kappa shape index (κ1) is 16.8.